The molecule has 1 aromatic rings. The van der Waals surface area contributed by atoms with Crippen LogP contribution < -0.4 is 15.4 Å². The van der Waals surface area contributed by atoms with Crippen LogP contribution in [0, 0.1) is 0 Å². The summed E-state index contributed by atoms with van der Waals surface area (Å²) in [5, 5.41) is 6.03. The minimum atomic E-state index is -2.89. The number of hydrogen-bond acceptors (Lipinski definition) is 4. The lowest BCUT2D eigenvalue weighted by Gasteiger charge is -2.13. The fourth-order valence-electron chi connectivity index (χ4n) is 1.96. The van der Waals surface area contributed by atoms with Crippen molar-refractivity contribution in [2.24, 2.45) is 4.99 Å². The third-order valence-electron chi connectivity index (χ3n) is 2.93. The number of nitrogens with one attached hydrogen (secondary N) is 2. The number of aliphatic imine (C=N–C) groups is 1. The first-order valence-electron chi connectivity index (χ1n) is 8.16. The van der Waals surface area contributed by atoms with Gasteiger partial charge in [0, 0.05) is 18.7 Å². The minimum Gasteiger partial charge on any atom is -0.463 e. The summed E-state index contributed by atoms with van der Waals surface area (Å²) in [6.45, 7) is 3.73. The fraction of sp³-hybridized carbons (Fsp3) is 0.529. The van der Waals surface area contributed by atoms with Gasteiger partial charge in [-0.3, -0.25) is 4.79 Å². The molecule has 140 valence electrons. The number of alkyl halides is 2. The van der Waals surface area contributed by atoms with E-state index < -0.39 is 6.61 Å². The van der Waals surface area contributed by atoms with Crippen molar-refractivity contribution in [3.8, 4) is 5.75 Å². The van der Waals surface area contributed by atoms with Crippen LogP contribution in [0.4, 0.5) is 8.78 Å². The Labute approximate surface area is 146 Å². The van der Waals surface area contributed by atoms with Crippen molar-refractivity contribution in [3.63, 3.8) is 0 Å². The van der Waals surface area contributed by atoms with E-state index in [0.717, 1.165) is 0 Å². The highest BCUT2D eigenvalue weighted by atomic mass is 19.3. The number of carbonyl (C=O) groups excluding carboxylic acids is 1. The monoisotopic (exact) mass is 357 g/mol. The first-order valence-corrected chi connectivity index (χ1v) is 8.16. The molecule has 1 rings (SSSR count). The highest BCUT2D eigenvalue weighted by Gasteiger charge is 2.09. The molecule has 0 aliphatic rings. The van der Waals surface area contributed by atoms with Crippen LogP contribution in [0.1, 0.15) is 32.8 Å². The van der Waals surface area contributed by atoms with Crippen molar-refractivity contribution in [2.75, 3.05) is 13.1 Å². The van der Waals surface area contributed by atoms with Crippen molar-refractivity contribution >= 4 is 11.9 Å². The lowest BCUT2D eigenvalue weighted by molar-refractivity contribution is -0.147. The third kappa shape index (κ3) is 8.88. The second-order valence-corrected chi connectivity index (χ2v) is 5.40. The van der Waals surface area contributed by atoms with Crippen LogP contribution in [0.25, 0.3) is 0 Å². The van der Waals surface area contributed by atoms with Gasteiger partial charge in [-0.15, -0.1) is 0 Å². The Morgan fingerprint density at radius 2 is 1.96 bits per heavy atom. The molecule has 25 heavy (non-hydrogen) atoms. The number of benzene rings is 1. The Morgan fingerprint density at radius 1 is 1.24 bits per heavy atom. The number of hydrogen-bond donors (Lipinski definition) is 2. The van der Waals surface area contributed by atoms with Crippen molar-refractivity contribution in [3.05, 3.63) is 29.8 Å². The molecule has 0 radical (unpaired) electrons. The van der Waals surface area contributed by atoms with Crippen LogP contribution in [0.5, 0.6) is 5.75 Å². The predicted octanol–water partition coefficient (Wildman–Crippen LogP) is 2.68. The average molecular weight is 357 g/mol. The molecule has 2 N–H and O–H groups in total. The summed E-state index contributed by atoms with van der Waals surface area (Å²) in [5.74, 6) is 0.276. The van der Waals surface area contributed by atoms with Gasteiger partial charge in [0.15, 0.2) is 5.96 Å². The van der Waals surface area contributed by atoms with Crippen LogP contribution in [-0.2, 0) is 16.1 Å². The first kappa shape index (κ1) is 20.7. The molecule has 0 saturated heterocycles. The summed E-state index contributed by atoms with van der Waals surface area (Å²) in [6, 6.07) is 6.49. The van der Waals surface area contributed by atoms with Gasteiger partial charge >= 0.3 is 12.6 Å². The van der Waals surface area contributed by atoms with Crippen LogP contribution >= 0.6 is 0 Å². The number of carbonyl (C=O) groups is 1. The normalized spacial score (nSPS) is 11.6. The van der Waals surface area contributed by atoms with Crippen molar-refractivity contribution in [2.45, 2.75) is 46.5 Å². The van der Waals surface area contributed by atoms with Gasteiger partial charge in [0.05, 0.1) is 19.1 Å². The number of ether oxygens (including phenoxy) is 2. The molecule has 0 spiro atoms. The zero-order valence-electron chi connectivity index (χ0n) is 14.7. The quantitative estimate of drug-likeness (QED) is 0.404. The Hall–Kier alpha value is -2.38. The molecule has 0 amide bonds. The van der Waals surface area contributed by atoms with Gasteiger partial charge in [0.25, 0.3) is 0 Å². The number of para-hydroxylation sites is 1. The number of guanidine groups is 1. The maximum Gasteiger partial charge on any atom is 0.387 e. The van der Waals surface area contributed by atoms with E-state index in [9.17, 15) is 13.6 Å². The molecule has 0 aromatic heterocycles. The van der Waals surface area contributed by atoms with Gasteiger partial charge in [-0.2, -0.15) is 8.78 Å². The molecule has 6 nitrogen and oxygen atoms in total. The molecule has 1 aromatic carbocycles. The second kappa shape index (κ2) is 11.2. The van der Waals surface area contributed by atoms with E-state index in [2.05, 4.69) is 20.4 Å². The lowest BCUT2D eigenvalue weighted by Crippen LogP contribution is -2.38. The van der Waals surface area contributed by atoms with E-state index in [1.807, 2.05) is 6.92 Å². The molecular weight excluding hydrogens is 332 g/mol. The summed E-state index contributed by atoms with van der Waals surface area (Å²) in [5.41, 5.74) is 0.541. The van der Waals surface area contributed by atoms with Crippen LogP contribution in [0.3, 0.4) is 0 Å². The molecule has 0 fully saturated rings. The van der Waals surface area contributed by atoms with Gasteiger partial charge in [-0.1, -0.05) is 18.2 Å². The molecule has 0 aliphatic carbocycles. The lowest BCUT2D eigenvalue weighted by atomic mass is 10.2. The Balaban J connectivity index is 2.62. The van der Waals surface area contributed by atoms with E-state index in [1.165, 1.54) is 6.07 Å². The van der Waals surface area contributed by atoms with Gasteiger partial charge in [-0.25, -0.2) is 4.99 Å². The zero-order valence-corrected chi connectivity index (χ0v) is 14.7. The Morgan fingerprint density at radius 3 is 2.60 bits per heavy atom. The number of halogens is 2. The van der Waals surface area contributed by atoms with E-state index in [4.69, 9.17) is 4.74 Å². The summed E-state index contributed by atoms with van der Waals surface area (Å²) in [4.78, 5) is 15.8. The van der Waals surface area contributed by atoms with Crippen molar-refractivity contribution in [1.82, 2.24) is 10.6 Å². The zero-order chi connectivity index (χ0) is 18.7. The predicted molar refractivity (Wildman–Crippen MR) is 91.7 cm³/mol. The number of nitrogens with zero attached hydrogens (tertiary/aromatic N) is 1. The summed E-state index contributed by atoms with van der Waals surface area (Å²) in [6.07, 6.45) is 0.0500. The molecule has 0 saturated carbocycles. The molecule has 0 atom stereocenters. The van der Waals surface area contributed by atoms with Crippen LogP contribution in [0.2, 0.25) is 0 Å². The first-order chi connectivity index (χ1) is 11.9. The highest BCUT2D eigenvalue weighted by Crippen LogP contribution is 2.20. The van der Waals surface area contributed by atoms with Gasteiger partial charge in [-0.05, 0) is 26.8 Å². The molecule has 0 heterocycles. The smallest absolute Gasteiger partial charge is 0.387 e. The van der Waals surface area contributed by atoms with Gasteiger partial charge in [0.2, 0.25) is 0 Å². The highest BCUT2D eigenvalue weighted by molar-refractivity contribution is 5.80. The second-order valence-electron chi connectivity index (χ2n) is 5.40. The fourth-order valence-corrected chi connectivity index (χ4v) is 1.96. The SMILES string of the molecule is CCNC(=NCc1ccccc1OC(F)F)NCCC(=O)OC(C)C. The minimum absolute atomic E-state index is 0.0950. The van der Waals surface area contributed by atoms with Crippen molar-refractivity contribution < 1.29 is 23.0 Å². The average Bonchev–Trinajstić information content (AvgIpc) is 2.52. The molecule has 8 heteroatoms. The Bertz CT molecular complexity index is 566. The van der Waals surface area contributed by atoms with E-state index >= 15 is 0 Å². The topological polar surface area (TPSA) is 72.0 Å². The molecule has 0 aliphatic heterocycles. The van der Waals surface area contributed by atoms with Crippen LogP contribution in [-0.4, -0.2) is 37.7 Å². The van der Waals surface area contributed by atoms with Gasteiger partial charge in [0.1, 0.15) is 5.75 Å². The summed E-state index contributed by atoms with van der Waals surface area (Å²) in [7, 11) is 0. The maximum absolute atomic E-state index is 12.4. The van der Waals surface area contributed by atoms with Gasteiger partial charge < -0.3 is 20.1 Å². The Kier molecular flexibility index (Phi) is 9.28. The summed E-state index contributed by atoms with van der Waals surface area (Å²) < 4.78 is 34.4. The number of esters is 1. The summed E-state index contributed by atoms with van der Waals surface area (Å²) >= 11 is 0. The molecule has 0 bridgehead atoms. The van der Waals surface area contributed by atoms with Crippen LogP contribution in [0.15, 0.2) is 29.3 Å². The maximum atomic E-state index is 12.4. The van der Waals surface area contributed by atoms with E-state index in [0.29, 0.717) is 24.6 Å². The largest absolute Gasteiger partial charge is 0.463 e. The van der Waals surface area contributed by atoms with E-state index in [1.54, 1.807) is 32.0 Å². The van der Waals surface area contributed by atoms with Crippen molar-refractivity contribution in [1.29, 1.82) is 0 Å². The number of rotatable bonds is 9. The molecular formula is C17H25F2N3O3. The van der Waals surface area contributed by atoms with E-state index in [-0.39, 0.29) is 30.8 Å². The molecule has 0 unspecified atom stereocenters. The third-order valence-corrected chi connectivity index (χ3v) is 2.93. The standard InChI is InChI=1S/C17H25F2N3O3/c1-4-20-17(21-10-9-15(23)24-12(2)3)22-11-13-7-5-6-8-14(13)25-16(18)19/h5-8,12,16H,4,9-11H2,1-3H3,(H2,20,21,22).